The molecule has 0 radical (unpaired) electrons. The number of rotatable bonds is 5. The smallest absolute Gasteiger partial charge is 0.312 e. The molecule has 0 aliphatic carbocycles. The van der Waals surface area contributed by atoms with E-state index in [4.69, 9.17) is 4.74 Å². The molecule has 0 aromatic heterocycles. The minimum absolute atomic E-state index is 0.0522. The molecule has 0 fully saturated rings. The van der Waals surface area contributed by atoms with Crippen LogP contribution in [0.5, 0.6) is 0 Å². The van der Waals surface area contributed by atoms with Crippen molar-refractivity contribution in [1.82, 2.24) is 4.90 Å². The Hall–Kier alpha value is -2.66. The van der Waals surface area contributed by atoms with E-state index in [0.717, 1.165) is 16.7 Å². The Morgan fingerprint density at radius 3 is 2.54 bits per heavy atom. The van der Waals surface area contributed by atoms with Crippen LogP contribution < -0.4 is 0 Å². The molecule has 3 rings (SSSR count). The van der Waals surface area contributed by atoms with Crippen molar-refractivity contribution >= 4 is 11.9 Å². The molecule has 24 heavy (non-hydrogen) atoms. The van der Waals surface area contributed by atoms with Crippen molar-refractivity contribution in [2.75, 3.05) is 13.2 Å². The van der Waals surface area contributed by atoms with Crippen LogP contribution in [0.4, 0.5) is 0 Å². The molecule has 0 saturated heterocycles. The number of amides is 1. The van der Waals surface area contributed by atoms with E-state index < -0.39 is 11.9 Å². The lowest BCUT2D eigenvalue weighted by Crippen LogP contribution is -2.42. The summed E-state index contributed by atoms with van der Waals surface area (Å²) in [6.07, 6.45) is 0. The lowest BCUT2D eigenvalue weighted by atomic mass is 9.90. The molecule has 0 unspecified atom stereocenters. The van der Waals surface area contributed by atoms with Crippen molar-refractivity contribution < 1.29 is 19.4 Å². The maximum absolute atomic E-state index is 12.4. The second-order valence-corrected chi connectivity index (χ2v) is 5.84. The van der Waals surface area contributed by atoms with Crippen molar-refractivity contribution in [3.8, 4) is 0 Å². The second-order valence-electron chi connectivity index (χ2n) is 5.84. The first-order chi connectivity index (χ1) is 11.6. The number of carbonyl (C=O) groups is 2. The molecule has 2 aromatic rings. The first-order valence-corrected chi connectivity index (χ1v) is 7.85. The maximum atomic E-state index is 12.4. The number of carbonyl (C=O) groups excluding carboxylic acids is 1. The first kappa shape index (κ1) is 16.2. The molecule has 1 heterocycles. The van der Waals surface area contributed by atoms with Gasteiger partial charge in [0.1, 0.15) is 6.61 Å². The highest BCUT2D eigenvalue weighted by molar-refractivity contribution is 5.82. The van der Waals surface area contributed by atoms with Gasteiger partial charge in [0, 0.05) is 13.1 Å². The molecule has 0 bridgehead atoms. The summed E-state index contributed by atoms with van der Waals surface area (Å²) < 4.78 is 5.48. The number of benzene rings is 2. The fourth-order valence-electron chi connectivity index (χ4n) is 2.93. The van der Waals surface area contributed by atoms with Crippen LogP contribution in [0.1, 0.15) is 22.6 Å². The van der Waals surface area contributed by atoms with Crippen molar-refractivity contribution in [1.29, 1.82) is 0 Å². The molecule has 5 nitrogen and oxygen atoms in total. The van der Waals surface area contributed by atoms with Crippen molar-refractivity contribution in [3.05, 3.63) is 71.3 Å². The second kappa shape index (κ2) is 7.27. The third kappa shape index (κ3) is 3.63. The summed E-state index contributed by atoms with van der Waals surface area (Å²) in [5.41, 5.74) is 2.67. The number of hydrogen-bond donors (Lipinski definition) is 1. The Bertz CT molecular complexity index is 729. The van der Waals surface area contributed by atoms with Gasteiger partial charge >= 0.3 is 5.97 Å². The lowest BCUT2D eigenvalue weighted by Gasteiger charge is -2.32. The van der Waals surface area contributed by atoms with Crippen LogP contribution in [0.3, 0.4) is 0 Å². The molecule has 124 valence electrons. The highest BCUT2D eigenvalue weighted by atomic mass is 16.5. The van der Waals surface area contributed by atoms with E-state index in [2.05, 4.69) is 0 Å². The van der Waals surface area contributed by atoms with Crippen LogP contribution in [-0.2, 0) is 27.5 Å². The molecule has 1 amide bonds. The van der Waals surface area contributed by atoms with Gasteiger partial charge in [-0.2, -0.15) is 0 Å². The van der Waals surface area contributed by atoms with E-state index in [1.54, 1.807) is 4.90 Å². The topological polar surface area (TPSA) is 66.8 Å². The van der Waals surface area contributed by atoms with Crippen LogP contribution >= 0.6 is 0 Å². The van der Waals surface area contributed by atoms with Gasteiger partial charge in [0.2, 0.25) is 5.91 Å². The Morgan fingerprint density at radius 1 is 1.08 bits per heavy atom. The Kier molecular flexibility index (Phi) is 4.91. The summed E-state index contributed by atoms with van der Waals surface area (Å²) in [6.45, 7) is 0.913. The molecule has 1 atom stereocenters. The Balaban J connectivity index is 1.62. The third-order valence-corrected chi connectivity index (χ3v) is 4.18. The number of hydrogen-bond acceptors (Lipinski definition) is 3. The number of aliphatic carboxylic acids is 1. The van der Waals surface area contributed by atoms with E-state index in [-0.39, 0.29) is 19.1 Å². The van der Waals surface area contributed by atoms with Crippen LogP contribution in [0.15, 0.2) is 54.6 Å². The van der Waals surface area contributed by atoms with Gasteiger partial charge < -0.3 is 14.7 Å². The normalized spacial score (nSPS) is 16.5. The summed E-state index contributed by atoms with van der Waals surface area (Å²) in [5, 5.41) is 9.44. The van der Waals surface area contributed by atoms with Crippen molar-refractivity contribution in [3.63, 3.8) is 0 Å². The summed E-state index contributed by atoms with van der Waals surface area (Å²) in [7, 11) is 0. The summed E-state index contributed by atoms with van der Waals surface area (Å²) in [5.74, 6) is -1.79. The van der Waals surface area contributed by atoms with Gasteiger partial charge in [0.15, 0.2) is 0 Å². The lowest BCUT2D eigenvalue weighted by molar-refractivity contribution is -0.143. The fraction of sp³-hybridized carbons (Fsp3) is 0.263. The number of ether oxygens (including phenoxy) is 1. The average molecular weight is 325 g/mol. The Morgan fingerprint density at radius 2 is 1.79 bits per heavy atom. The largest absolute Gasteiger partial charge is 0.481 e. The zero-order valence-corrected chi connectivity index (χ0v) is 13.2. The summed E-state index contributed by atoms with van der Waals surface area (Å²) >= 11 is 0. The van der Waals surface area contributed by atoms with Gasteiger partial charge in [-0.15, -0.1) is 0 Å². The molecule has 0 spiro atoms. The molecule has 1 N–H and O–H groups in total. The van der Waals surface area contributed by atoms with Gasteiger partial charge in [0.05, 0.1) is 12.5 Å². The van der Waals surface area contributed by atoms with Crippen molar-refractivity contribution in [2.45, 2.75) is 19.1 Å². The average Bonchev–Trinajstić information content (AvgIpc) is 2.61. The van der Waals surface area contributed by atoms with E-state index >= 15 is 0 Å². The van der Waals surface area contributed by atoms with E-state index in [9.17, 15) is 14.7 Å². The highest BCUT2D eigenvalue weighted by Gasteiger charge is 2.32. The van der Waals surface area contributed by atoms with E-state index in [1.165, 1.54) is 0 Å². The van der Waals surface area contributed by atoms with Gasteiger partial charge in [0.25, 0.3) is 0 Å². The molecule has 1 aliphatic heterocycles. The molecular formula is C19H19NO4. The van der Waals surface area contributed by atoms with Crippen molar-refractivity contribution in [2.24, 2.45) is 0 Å². The minimum atomic E-state index is -0.912. The molecule has 1 aliphatic rings. The zero-order chi connectivity index (χ0) is 16.9. The fourth-order valence-corrected chi connectivity index (χ4v) is 2.93. The number of fused-ring (bicyclic) bond motifs is 1. The maximum Gasteiger partial charge on any atom is 0.312 e. The van der Waals surface area contributed by atoms with Gasteiger partial charge in [-0.3, -0.25) is 9.59 Å². The SMILES string of the molecule is O=C(O)[C@@H]1CN(C(=O)COCc2ccccc2)Cc2ccccc21. The highest BCUT2D eigenvalue weighted by Crippen LogP contribution is 2.28. The predicted octanol–water partition coefficient (Wildman–Crippen LogP) is 2.41. The standard InChI is InChI=1S/C19H19NO4/c21-18(13-24-12-14-6-2-1-3-7-14)20-10-15-8-4-5-9-16(15)17(11-20)19(22)23/h1-9,17H,10-13H2,(H,22,23)/t17-/m1/s1. The number of carboxylic acid groups (broad SMARTS) is 1. The third-order valence-electron chi connectivity index (χ3n) is 4.18. The quantitative estimate of drug-likeness (QED) is 0.917. The van der Waals surface area contributed by atoms with E-state index in [1.807, 2.05) is 54.6 Å². The molecular weight excluding hydrogens is 306 g/mol. The van der Waals surface area contributed by atoms with Gasteiger partial charge in [-0.25, -0.2) is 0 Å². The van der Waals surface area contributed by atoms with Crippen LogP contribution in [0, 0.1) is 0 Å². The molecule has 5 heteroatoms. The summed E-state index contributed by atoms with van der Waals surface area (Å²) in [4.78, 5) is 25.5. The molecule has 2 aromatic carbocycles. The van der Waals surface area contributed by atoms with Crippen LogP contribution in [0.25, 0.3) is 0 Å². The van der Waals surface area contributed by atoms with E-state index in [0.29, 0.717) is 13.2 Å². The van der Waals surface area contributed by atoms with Crippen LogP contribution in [0.2, 0.25) is 0 Å². The predicted molar refractivity (Wildman–Crippen MR) is 88.3 cm³/mol. The van der Waals surface area contributed by atoms with Crippen LogP contribution in [-0.4, -0.2) is 35.0 Å². The monoisotopic (exact) mass is 325 g/mol. The minimum Gasteiger partial charge on any atom is -0.481 e. The number of carboxylic acids is 1. The first-order valence-electron chi connectivity index (χ1n) is 7.85. The summed E-state index contributed by atoms with van der Waals surface area (Å²) in [6, 6.07) is 17.0. The van der Waals surface area contributed by atoms with Gasteiger partial charge in [-0.1, -0.05) is 54.6 Å². The zero-order valence-electron chi connectivity index (χ0n) is 13.2. The van der Waals surface area contributed by atoms with Gasteiger partial charge in [-0.05, 0) is 16.7 Å². The Labute approximate surface area is 140 Å². The molecule has 0 saturated carbocycles. The number of nitrogens with zero attached hydrogens (tertiary/aromatic N) is 1.